The van der Waals surface area contributed by atoms with Crippen LogP contribution >= 0.6 is 11.3 Å². The fraction of sp³-hybridized carbons (Fsp3) is 0.217. The molecule has 0 saturated heterocycles. The van der Waals surface area contributed by atoms with Gasteiger partial charge in [-0.15, -0.1) is 10.2 Å². The van der Waals surface area contributed by atoms with E-state index in [0.29, 0.717) is 27.6 Å². The lowest BCUT2D eigenvalue weighted by molar-refractivity contribution is 0.0970. The fourth-order valence-electron chi connectivity index (χ4n) is 3.93. The predicted molar refractivity (Wildman–Crippen MR) is 116 cm³/mol. The van der Waals surface area contributed by atoms with Crippen LogP contribution in [0.15, 0.2) is 57.2 Å². The molecular formula is C23H19N3O3S. The van der Waals surface area contributed by atoms with Gasteiger partial charge in [-0.2, -0.15) is 0 Å². The first-order valence-corrected chi connectivity index (χ1v) is 10.6. The Labute approximate surface area is 176 Å². The fourth-order valence-corrected chi connectivity index (χ4v) is 4.52. The van der Waals surface area contributed by atoms with Crippen LogP contribution in [0.1, 0.15) is 58.6 Å². The molecule has 3 heterocycles. The number of hydrogen-bond donors (Lipinski definition) is 0. The Bertz CT molecular complexity index is 1320. The maximum absolute atomic E-state index is 13.5. The van der Waals surface area contributed by atoms with Crippen LogP contribution in [0.4, 0.5) is 5.13 Å². The number of aryl methyl sites for hydroxylation is 1. The maximum Gasteiger partial charge on any atom is 0.297 e. The average Bonchev–Trinajstić information content (AvgIpc) is 3.35. The predicted octanol–water partition coefficient (Wildman–Crippen LogP) is 4.83. The standard InChI is InChI=1S/C23H19N3O3S/c1-12(2)14-5-7-15(8-6-14)19-18-20(27)16-10-13(3)4-9-17(16)29-21(18)22(28)26(19)23-25-24-11-30-23/h4-12,19H,1-3H3/t19-/m1/s1. The van der Waals surface area contributed by atoms with Crippen LogP contribution in [0.25, 0.3) is 11.0 Å². The van der Waals surface area contributed by atoms with Crippen molar-refractivity contribution in [2.45, 2.75) is 32.7 Å². The van der Waals surface area contributed by atoms with Gasteiger partial charge in [0.15, 0.2) is 5.43 Å². The second-order valence-electron chi connectivity index (χ2n) is 7.79. The number of rotatable bonds is 3. The van der Waals surface area contributed by atoms with E-state index in [1.54, 1.807) is 17.6 Å². The summed E-state index contributed by atoms with van der Waals surface area (Å²) in [5, 5.41) is 8.89. The van der Waals surface area contributed by atoms with E-state index in [0.717, 1.165) is 11.1 Å². The Morgan fingerprint density at radius 3 is 2.53 bits per heavy atom. The number of carbonyl (C=O) groups is 1. The van der Waals surface area contributed by atoms with Gasteiger partial charge in [0, 0.05) is 0 Å². The van der Waals surface area contributed by atoms with Crippen LogP contribution in [-0.2, 0) is 0 Å². The first kappa shape index (κ1) is 18.7. The maximum atomic E-state index is 13.5. The molecule has 7 heteroatoms. The summed E-state index contributed by atoms with van der Waals surface area (Å²) < 4.78 is 5.96. The van der Waals surface area contributed by atoms with Crippen molar-refractivity contribution < 1.29 is 9.21 Å². The van der Waals surface area contributed by atoms with Crippen LogP contribution in [0.2, 0.25) is 0 Å². The molecule has 0 fully saturated rings. The van der Waals surface area contributed by atoms with Crippen molar-refractivity contribution in [3.63, 3.8) is 0 Å². The van der Waals surface area contributed by atoms with Gasteiger partial charge in [-0.05, 0) is 36.1 Å². The molecule has 30 heavy (non-hydrogen) atoms. The van der Waals surface area contributed by atoms with Crippen LogP contribution in [-0.4, -0.2) is 16.1 Å². The van der Waals surface area contributed by atoms with Crippen molar-refractivity contribution in [1.29, 1.82) is 0 Å². The highest BCUT2D eigenvalue weighted by Gasteiger charge is 2.44. The molecule has 0 spiro atoms. The zero-order valence-electron chi connectivity index (χ0n) is 16.7. The number of anilines is 1. The van der Waals surface area contributed by atoms with Gasteiger partial charge in [0.05, 0.1) is 17.0 Å². The number of carbonyl (C=O) groups excluding carboxylic acids is 1. The lowest BCUT2D eigenvalue weighted by Crippen LogP contribution is -2.29. The third kappa shape index (κ3) is 2.77. The largest absolute Gasteiger partial charge is 0.450 e. The number of amides is 1. The van der Waals surface area contributed by atoms with E-state index in [9.17, 15) is 9.59 Å². The van der Waals surface area contributed by atoms with E-state index in [-0.39, 0.29) is 17.1 Å². The van der Waals surface area contributed by atoms with E-state index in [1.165, 1.54) is 21.8 Å². The summed E-state index contributed by atoms with van der Waals surface area (Å²) in [5.74, 6) is 0.0801. The number of hydrogen-bond acceptors (Lipinski definition) is 6. The second kappa shape index (κ2) is 6.88. The van der Waals surface area contributed by atoms with E-state index < -0.39 is 6.04 Å². The number of nitrogens with zero attached hydrogens (tertiary/aromatic N) is 3. The Morgan fingerprint density at radius 2 is 1.87 bits per heavy atom. The Morgan fingerprint density at radius 1 is 1.10 bits per heavy atom. The van der Waals surface area contributed by atoms with Gasteiger partial charge in [-0.25, -0.2) is 0 Å². The second-order valence-corrected chi connectivity index (χ2v) is 8.61. The van der Waals surface area contributed by atoms with Gasteiger partial charge >= 0.3 is 0 Å². The normalized spacial score (nSPS) is 15.9. The zero-order valence-corrected chi connectivity index (χ0v) is 17.6. The smallest absolute Gasteiger partial charge is 0.297 e. The molecular weight excluding hydrogens is 398 g/mol. The SMILES string of the molecule is Cc1ccc2oc3c(c(=O)c2c1)[C@@H](c1ccc(C(C)C)cc1)N(c1nncs1)C3=O. The Balaban J connectivity index is 1.78. The van der Waals surface area contributed by atoms with Crippen molar-refractivity contribution in [1.82, 2.24) is 10.2 Å². The lowest BCUT2D eigenvalue weighted by Gasteiger charge is -2.22. The highest BCUT2D eigenvalue weighted by atomic mass is 32.1. The molecule has 2 aromatic carbocycles. The van der Waals surface area contributed by atoms with Gasteiger partial charge < -0.3 is 4.42 Å². The van der Waals surface area contributed by atoms with Crippen LogP contribution in [0.3, 0.4) is 0 Å². The third-order valence-corrected chi connectivity index (χ3v) is 6.19. The molecule has 6 nitrogen and oxygen atoms in total. The quantitative estimate of drug-likeness (QED) is 0.477. The highest BCUT2D eigenvalue weighted by molar-refractivity contribution is 7.13. The summed E-state index contributed by atoms with van der Waals surface area (Å²) in [5.41, 5.74) is 5.12. The summed E-state index contributed by atoms with van der Waals surface area (Å²) in [6.07, 6.45) is 0. The average molecular weight is 417 g/mol. The summed E-state index contributed by atoms with van der Waals surface area (Å²) >= 11 is 1.25. The molecule has 0 bridgehead atoms. The monoisotopic (exact) mass is 417 g/mol. The first-order chi connectivity index (χ1) is 14.5. The molecule has 5 rings (SSSR count). The van der Waals surface area contributed by atoms with Gasteiger partial charge in [0.25, 0.3) is 5.91 Å². The zero-order chi connectivity index (χ0) is 21.0. The molecule has 1 amide bonds. The topological polar surface area (TPSA) is 76.3 Å². The highest BCUT2D eigenvalue weighted by Crippen LogP contribution is 2.41. The van der Waals surface area contributed by atoms with Crippen LogP contribution in [0.5, 0.6) is 0 Å². The molecule has 0 N–H and O–H groups in total. The van der Waals surface area contributed by atoms with Crippen molar-refractivity contribution in [3.8, 4) is 0 Å². The first-order valence-electron chi connectivity index (χ1n) is 9.72. The Kier molecular flexibility index (Phi) is 4.29. The van der Waals surface area contributed by atoms with Crippen molar-refractivity contribution >= 4 is 33.3 Å². The number of fused-ring (bicyclic) bond motifs is 2. The van der Waals surface area contributed by atoms with Gasteiger partial charge in [-0.1, -0.05) is 61.1 Å². The van der Waals surface area contributed by atoms with E-state index in [2.05, 4.69) is 24.0 Å². The Hall–Kier alpha value is -3.32. The molecule has 1 aliphatic heterocycles. The summed E-state index contributed by atoms with van der Waals surface area (Å²) in [7, 11) is 0. The summed E-state index contributed by atoms with van der Waals surface area (Å²) in [4.78, 5) is 28.4. The van der Waals surface area contributed by atoms with Crippen LogP contribution < -0.4 is 10.3 Å². The lowest BCUT2D eigenvalue weighted by atomic mass is 9.95. The molecule has 0 saturated carbocycles. The summed E-state index contributed by atoms with van der Waals surface area (Å²) in [6.45, 7) is 6.17. The minimum atomic E-state index is -0.608. The third-order valence-electron chi connectivity index (χ3n) is 5.50. The van der Waals surface area contributed by atoms with Crippen molar-refractivity contribution in [2.75, 3.05) is 4.90 Å². The molecule has 4 aromatic rings. The molecule has 1 aliphatic rings. The van der Waals surface area contributed by atoms with Crippen molar-refractivity contribution in [2.24, 2.45) is 0 Å². The van der Waals surface area contributed by atoms with E-state index in [1.807, 2.05) is 37.3 Å². The van der Waals surface area contributed by atoms with Crippen LogP contribution in [0, 0.1) is 6.92 Å². The molecule has 0 radical (unpaired) electrons. The minimum Gasteiger partial charge on any atom is -0.450 e. The van der Waals surface area contributed by atoms with Gasteiger partial charge in [-0.3, -0.25) is 14.5 Å². The number of aromatic nitrogens is 2. The molecule has 0 aliphatic carbocycles. The number of benzene rings is 2. The van der Waals surface area contributed by atoms with E-state index >= 15 is 0 Å². The van der Waals surface area contributed by atoms with E-state index in [4.69, 9.17) is 4.42 Å². The molecule has 2 aromatic heterocycles. The van der Waals surface area contributed by atoms with Gasteiger partial charge in [0.1, 0.15) is 11.1 Å². The molecule has 1 atom stereocenters. The summed E-state index contributed by atoms with van der Waals surface area (Å²) in [6, 6.07) is 12.8. The van der Waals surface area contributed by atoms with Crippen molar-refractivity contribution in [3.05, 3.63) is 86.2 Å². The minimum absolute atomic E-state index is 0.0736. The molecule has 150 valence electrons. The molecule has 0 unspecified atom stereocenters. The van der Waals surface area contributed by atoms with Gasteiger partial charge in [0.2, 0.25) is 10.9 Å².